The van der Waals surface area contributed by atoms with E-state index in [9.17, 15) is 9.59 Å². The normalized spacial score (nSPS) is 20.2. The summed E-state index contributed by atoms with van der Waals surface area (Å²) in [4.78, 5) is 32.4. The molecule has 0 saturated carbocycles. The average Bonchev–Trinajstić information content (AvgIpc) is 3.04. The molecule has 0 radical (unpaired) electrons. The van der Waals surface area contributed by atoms with Gasteiger partial charge in [0.2, 0.25) is 5.91 Å². The lowest BCUT2D eigenvalue weighted by molar-refractivity contribution is -0.121. The van der Waals surface area contributed by atoms with Gasteiger partial charge in [-0.1, -0.05) is 6.92 Å². The highest BCUT2D eigenvalue weighted by Crippen LogP contribution is 2.22. The maximum absolute atomic E-state index is 12.7. The first-order valence-corrected chi connectivity index (χ1v) is 8.35. The largest absolute Gasteiger partial charge is 0.380 e. The van der Waals surface area contributed by atoms with Crippen LogP contribution in [-0.2, 0) is 9.53 Å². The molecule has 132 valence electrons. The van der Waals surface area contributed by atoms with Gasteiger partial charge in [-0.2, -0.15) is 0 Å². The van der Waals surface area contributed by atoms with Crippen molar-refractivity contribution in [1.82, 2.24) is 9.88 Å². The first kappa shape index (κ1) is 18.2. The monoisotopic (exact) mass is 334 g/mol. The Bertz CT molecular complexity index is 576. The molecule has 1 saturated heterocycles. The van der Waals surface area contributed by atoms with Gasteiger partial charge in [-0.15, -0.1) is 0 Å². The first-order chi connectivity index (χ1) is 11.5. The van der Waals surface area contributed by atoms with Gasteiger partial charge in [0.25, 0.3) is 5.91 Å². The van der Waals surface area contributed by atoms with Gasteiger partial charge in [0.15, 0.2) is 0 Å². The van der Waals surface area contributed by atoms with Crippen molar-refractivity contribution in [3.63, 3.8) is 0 Å². The highest BCUT2D eigenvalue weighted by molar-refractivity contribution is 5.97. The second kappa shape index (κ2) is 8.10. The lowest BCUT2D eigenvalue weighted by Gasteiger charge is -2.23. The number of hydrogen-bond acceptors (Lipinski definition) is 5. The Kier molecular flexibility index (Phi) is 6.14. The summed E-state index contributed by atoms with van der Waals surface area (Å²) in [5.41, 5.74) is 5.88. The SMILES string of the molecule is CCCN(CC)c1ccc(C(=O)N2C[C@@H](OC)C[C@H]2C(N)=O)cn1. The zero-order valence-corrected chi connectivity index (χ0v) is 14.6. The van der Waals surface area contributed by atoms with Crippen LogP contribution in [0.25, 0.3) is 0 Å². The van der Waals surface area contributed by atoms with E-state index in [1.165, 1.54) is 4.90 Å². The number of carbonyl (C=O) groups excluding carboxylic acids is 2. The molecular weight excluding hydrogens is 308 g/mol. The highest BCUT2D eigenvalue weighted by Gasteiger charge is 2.39. The number of likely N-dealkylation sites (tertiary alicyclic amines) is 1. The van der Waals surface area contributed by atoms with E-state index in [2.05, 4.69) is 23.7 Å². The molecule has 0 spiro atoms. The van der Waals surface area contributed by atoms with Crippen LogP contribution in [0.3, 0.4) is 0 Å². The number of carbonyl (C=O) groups is 2. The van der Waals surface area contributed by atoms with Crippen LogP contribution in [0, 0.1) is 0 Å². The fourth-order valence-corrected chi connectivity index (χ4v) is 3.03. The van der Waals surface area contributed by atoms with Gasteiger partial charge in [0.05, 0.1) is 11.7 Å². The van der Waals surface area contributed by atoms with Crippen LogP contribution >= 0.6 is 0 Å². The summed E-state index contributed by atoms with van der Waals surface area (Å²) in [6, 6.07) is 2.96. The molecule has 24 heavy (non-hydrogen) atoms. The smallest absolute Gasteiger partial charge is 0.256 e. The van der Waals surface area contributed by atoms with Crippen LogP contribution in [0.1, 0.15) is 37.0 Å². The number of methoxy groups -OCH3 is 1. The lowest BCUT2D eigenvalue weighted by atomic mass is 10.1. The molecule has 1 aromatic rings. The molecule has 2 atom stereocenters. The second-order valence-electron chi connectivity index (χ2n) is 5.95. The fraction of sp³-hybridized carbons (Fsp3) is 0.588. The van der Waals surface area contributed by atoms with E-state index in [0.717, 1.165) is 25.3 Å². The summed E-state index contributed by atoms with van der Waals surface area (Å²) in [6.45, 7) is 6.33. The summed E-state index contributed by atoms with van der Waals surface area (Å²) in [7, 11) is 1.57. The predicted molar refractivity (Wildman–Crippen MR) is 91.8 cm³/mol. The summed E-state index contributed by atoms with van der Waals surface area (Å²) >= 11 is 0. The number of amides is 2. The van der Waals surface area contributed by atoms with Crippen LogP contribution in [-0.4, -0.2) is 60.6 Å². The molecule has 0 aliphatic carbocycles. The van der Waals surface area contributed by atoms with E-state index in [4.69, 9.17) is 10.5 Å². The molecular formula is C17H26N4O3. The Morgan fingerprint density at radius 2 is 2.17 bits per heavy atom. The van der Waals surface area contributed by atoms with Crippen LogP contribution < -0.4 is 10.6 Å². The van der Waals surface area contributed by atoms with E-state index in [1.807, 2.05) is 6.07 Å². The van der Waals surface area contributed by atoms with Crippen molar-refractivity contribution >= 4 is 17.6 Å². The van der Waals surface area contributed by atoms with Crippen molar-refractivity contribution in [2.24, 2.45) is 5.73 Å². The van der Waals surface area contributed by atoms with Crippen LogP contribution in [0.4, 0.5) is 5.82 Å². The molecule has 7 heteroatoms. The quantitative estimate of drug-likeness (QED) is 0.804. The predicted octanol–water partition coefficient (Wildman–Crippen LogP) is 1.03. The lowest BCUT2D eigenvalue weighted by Crippen LogP contribution is -2.43. The molecule has 2 heterocycles. The fourth-order valence-electron chi connectivity index (χ4n) is 3.03. The number of ether oxygens (including phenoxy) is 1. The Morgan fingerprint density at radius 3 is 2.67 bits per heavy atom. The van der Waals surface area contributed by atoms with Gasteiger partial charge in [-0.05, 0) is 25.5 Å². The standard InChI is InChI=1S/C17H26N4O3/c1-4-8-20(5-2)15-7-6-12(10-19-15)17(23)21-11-13(24-3)9-14(21)16(18)22/h6-7,10,13-14H,4-5,8-9,11H2,1-3H3,(H2,18,22)/t13-,14-/m0/s1. The number of nitrogens with zero attached hydrogens (tertiary/aromatic N) is 3. The number of nitrogens with two attached hydrogens (primary N) is 1. The van der Waals surface area contributed by atoms with Gasteiger partial charge >= 0.3 is 0 Å². The summed E-state index contributed by atoms with van der Waals surface area (Å²) in [5, 5.41) is 0. The first-order valence-electron chi connectivity index (χ1n) is 8.35. The Morgan fingerprint density at radius 1 is 1.42 bits per heavy atom. The van der Waals surface area contributed by atoms with E-state index < -0.39 is 11.9 Å². The maximum Gasteiger partial charge on any atom is 0.256 e. The number of anilines is 1. The van der Waals surface area contributed by atoms with Crippen molar-refractivity contribution in [2.75, 3.05) is 31.6 Å². The van der Waals surface area contributed by atoms with Crippen molar-refractivity contribution in [1.29, 1.82) is 0 Å². The molecule has 0 bridgehead atoms. The minimum Gasteiger partial charge on any atom is -0.380 e. The van der Waals surface area contributed by atoms with Gasteiger partial charge in [0.1, 0.15) is 11.9 Å². The van der Waals surface area contributed by atoms with Crippen molar-refractivity contribution < 1.29 is 14.3 Å². The minimum absolute atomic E-state index is 0.168. The van der Waals surface area contributed by atoms with Crippen LogP contribution in [0.15, 0.2) is 18.3 Å². The molecule has 0 unspecified atom stereocenters. The number of primary amides is 1. The summed E-state index contributed by atoms with van der Waals surface area (Å²) in [5.74, 6) is 0.0991. The maximum atomic E-state index is 12.7. The molecule has 2 N–H and O–H groups in total. The number of rotatable bonds is 7. The molecule has 2 rings (SSSR count). The van der Waals surface area contributed by atoms with Crippen LogP contribution in [0.2, 0.25) is 0 Å². The van der Waals surface area contributed by atoms with E-state index in [-0.39, 0.29) is 12.0 Å². The highest BCUT2D eigenvalue weighted by atomic mass is 16.5. The van der Waals surface area contributed by atoms with Gasteiger partial charge in [-0.25, -0.2) is 4.98 Å². The molecule has 7 nitrogen and oxygen atoms in total. The zero-order chi connectivity index (χ0) is 17.7. The topological polar surface area (TPSA) is 88.8 Å². The number of hydrogen-bond donors (Lipinski definition) is 1. The average molecular weight is 334 g/mol. The Balaban J connectivity index is 2.15. The van der Waals surface area contributed by atoms with Crippen molar-refractivity contribution in [3.05, 3.63) is 23.9 Å². The third-order valence-corrected chi connectivity index (χ3v) is 4.38. The zero-order valence-electron chi connectivity index (χ0n) is 14.6. The molecule has 1 fully saturated rings. The Hall–Kier alpha value is -2.15. The molecule has 1 aliphatic heterocycles. The molecule has 2 amide bonds. The Labute approximate surface area is 142 Å². The van der Waals surface area contributed by atoms with E-state index in [1.54, 1.807) is 19.4 Å². The van der Waals surface area contributed by atoms with Crippen molar-refractivity contribution in [2.45, 2.75) is 38.8 Å². The minimum atomic E-state index is -0.630. The third kappa shape index (κ3) is 3.84. The van der Waals surface area contributed by atoms with Gasteiger partial charge < -0.3 is 20.3 Å². The van der Waals surface area contributed by atoms with E-state index in [0.29, 0.717) is 18.5 Å². The number of pyridine rings is 1. The van der Waals surface area contributed by atoms with Gasteiger partial charge in [-0.3, -0.25) is 9.59 Å². The van der Waals surface area contributed by atoms with Crippen LogP contribution in [0.5, 0.6) is 0 Å². The second-order valence-corrected chi connectivity index (χ2v) is 5.95. The molecule has 1 aromatic heterocycles. The summed E-state index contributed by atoms with van der Waals surface area (Å²) in [6.07, 6.45) is 2.86. The van der Waals surface area contributed by atoms with E-state index >= 15 is 0 Å². The van der Waals surface area contributed by atoms with Gasteiger partial charge in [0, 0.05) is 39.4 Å². The summed E-state index contributed by atoms with van der Waals surface area (Å²) < 4.78 is 5.28. The molecule has 1 aliphatic rings. The van der Waals surface area contributed by atoms with Crippen molar-refractivity contribution in [3.8, 4) is 0 Å². The molecule has 0 aromatic carbocycles. The number of aromatic nitrogens is 1. The third-order valence-electron chi connectivity index (χ3n) is 4.38.